The summed E-state index contributed by atoms with van der Waals surface area (Å²) in [5.41, 5.74) is 2.96. The van der Waals surface area contributed by atoms with E-state index in [2.05, 4.69) is 34.9 Å². The molecular formula is C17H29N5O2. The van der Waals surface area contributed by atoms with Crippen LogP contribution >= 0.6 is 0 Å². The number of nitrogens with zero attached hydrogens (tertiary/aromatic N) is 2. The molecule has 2 rings (SSSR count). The molecule has 0 bridgehead atoms. The van der Waals surface area contributed by atoms with Gasteiger partial charge in [0, 0.05) is 31.1 Å². The van der Waals surface area contributed by atoms with Gasteiger partial charge in [0.05, 0.1) is 5.69 Å². The molecule has 2 heterocycles. The molecule has 0 aliphatic carbocycles. The molecule has 0 radical (unpaired) electrons. The van der Waals surface area contributed by atoms with E-state index in [1.807, 2.05) is 25.5 Å². The van der Waals surface area contributed by atoms with Crippen LogP contribution in [-0.2, 0) is 16.0 Å². The van der Waals surface area contributed by atoms with Crippen LogP contribution in [0.1, 0.15) is 56.9 Å². The Hall–Kier alpha value is -1.89. The zero-order valence-corrected chi connectivity index (χ0v) is 15.3. The highest BCUT2D eigenvalue weighted by Crippen LogP contribution is 2.19. The normalized spacial score (nSPS) is 21.0. The Morgan fingerprint density at radius 2 is 2.12 bits per heavy atom. The third-order valence-electron chi connectivity index (χ3n) is 4.26. The van der Waals surface area contributed by atoms with E-state index in [1.165, 1.54) is 0 Å². The van der Waals surface area contributed by atoms with Crippen LogP contribution in [0.15, 0.2) is 0 Å². The lowest BCUT2D eigenvalue weighted by Crippen LogP contribution is -2.52. The summed E-state index contributed by atoms with van der Waals surface area (Å²) in [6.07, 6.45) is 1.24. The largest absolute Gasteiger partial charge is 0.356 e. The van der Waals surface area contributed by atoms with Gasteiger partial charge >= 0.3 is 0 Å². The van der Waals surface area contributed by atoms with Crippen LogP contribution in [0.3, 0.4) is 0 Å². The van der Waals surface area contributed by atoms with Crippen molar-refractivity contribution in [3.05, 3.63) is 17.0 Å². The second-order valence-electron chi connectivity index (χ2n) is 7.03. The van der Waals surface area contributed by atoms with Crippen molar-refractivity contribution in [2.24, 2.45) is 5.92 Å². The number of hydrogen-bond acceptors (Lipinski definition) is 4. The monoisotopic (exact) mass is 335 g/mol. The molecule has 7 heteroatoms. The fourth-order valence-corrected chi connectivity index (χ4v) is 2.95. The molecule has 1 aliphatic rings. The Kier molecular flexibility index (Phi) is 5.99. The van der Waals surface area contributed by atoms with E-state index < -0.39 is 0 Å². The van der Waals surface area contributed by atoms with Gasteiger partial charge < -0.3 is 10.6 Å². The number of amides is 2. The average molecular weight is 335 g/mol. The Morgan fingerprint density at radius 1 is 1.42 bits per heavy atom. The van der Waals surface area contributed by atoms with E-state index in [9.17, 15) is 9.59 Å². The van der Waals surface area contributed by atoms with Crippen molar-refractivity contribution in [2.45, 2.75) is 66.2 Å². The summed E-state index contributed by atoms with van der Waals surface area (Å²) in [5.74, 6) is 0.532. The Balaban J connectivity index is 2.03. The van der Waals surface area contributed by atoms with Crippen molar-refractivity contribution in [2.75, 3.05) is 6.54 Å². The summed E-state index contributed by atoms with van der Waals surface area (Å²) < 4.78 is 1.81. The first-order valence-electron chi connectivity index (χ1n) is 8.64. The Bertz CT molecular complexity index is 608. The first-order chi connectivity index (χ1) is 11.3. The van der Waals surface area contributed by atoms with Gasteiger partial charge in [0.25, 0.3) is 0 Å². The van der Waals surface area contributed by atoms with Crippen molar-refractivity contribution in [1.29, 1.82) is 0 Å². The van der Waals surface area contributed by atoms with Crippen molar-refractivity contribution >= 4 is 11.8 Å². The van der Waals surface area contributed by atoms with Gasteiger partial charge in [-0.3, -0.25) is 14.9 Å². The molecule has 1 saturated heterocycles. The maximum absolute atomic E-state index is 11.9. The number of aryl methyl sites for hydroxylation is 1. The molecular weight excluding hydrogens is 306 g/mol. The maximum atomic E-state index is 11.9. The lowest BCUT2D eigenvalue weighted by molar-refractivity contribution is -0.125. The van der Waals surface area contributed by atoms with Crippen LogP contribution in [-0.4, -0.2) is 34.2 Å². The van der Waals surface area contributed by atoms with E-state index in [1.54, 1.807) is 0 Å². The van der Waals surface area contributed by atoms with Crippen molar-refractivity contribution in [3.8, 4) is 0 Å². The summed E-state index contributed by atoms with van der Waals surface area (Å²) in [5, 5.41) is 13.7. The second kappa shape index (κ2) is 7.79. The lowest BCUT2D eigenvalue weighted by atomic mass is 10.1. The topological polar surface area (TPSA) is 88.1 Å². The summed E-state index contributed by atoms with van der Waals surface area (Å²) in [7, 11) is 0. The molecule has 0 saturated carbocycles. The molecule has 0 aromatic carbocycles. The van der Waals surface area contributed by atoms with Crippen molar-refractivity contribution < 1.29 is 9.59 Å². The molecule has 1 aromatic heterocycles. The van der Waals surface area contributed by atoms with Gasteiger partial charge in [-0.2, -0.15) is 5.10 Å². The molecule has 24 heavy (non-hydrogen) atoms. The van der Waals surface area contributed by atoms with Crippen LogP contribution < -0.4 is 16.0 Å². The van der Waals surface area contributed by atoms with Crippen molar-refractivity contribution in [3.63, 3.8) is 0 Å². The molecule has 2 amide bonds. The van der Waals surface area contributed by atoms with Crippen LogP contribution in [0.2, 0.25) is 0 Å². The SMILES string of the molecule is Cc1nn(C2NC(=O)CC(C)N2)c(C)c1CCC(=O)NCC(C)C. The van der Waals surface area contributed by atoms with Gasteiger partial charge in [0.15, 0.2) is 6.29 Å². The van der Waals surface area contributed by atoms with E-state index in [0.29, 0.717) is 31.7 Å². The molecule has 7 nitrogen and oxygen atoms in total. The zero-order valence-electron chi connectivity index (χ0n) is 15.3. The van der Waals surface area contributed by atoms with Gasteiger partial charge in [-0.25, -0.2) is 4.68 Å². The zero-order chi connectivity index (χ0) is 17.9. The number of carbonyl (C=O) groups is 2. The quantitative estimate of drug-likeness (QED) is 0.728. The van der Waals surface area contributed by atoms with E-state index in [-0.39, 0.29) is 24.1 Å². The molecule has 1 aliphatic heterocycles. The summed E-state index contributed by atoms with van der Waals surface area (Å²) in [4.78, 5) is 23.7. The second-order valence-corrected chi connectivity index (χ2v) is 7.03. The van der Waals surface area contributed by atoms with Crippen LogP contribution in [0, 0.1) is 19.8 Å². The smallest absolute Gasteiger partial charge is 0.224 e. The molecule has 3 N–H and O–H groups in total. The molecule has 1 fully saturated rings. The summed E-state index contributed by atoms with van der Waals surface area (Å²) in [6, 6.07) is 0.109. The number of hydrogen-bond donors (Lipinski definition) is 3. The molecule has 0 spiro atoms. The molecule has 1 aromatic rings. The minimum absolute atomic E-state index is 0.0217. The number of carbonyl (C=O) groups excluding carboxylic acids is 2. The number of rotatable bonds is 6. The first-order valence-corrected chi connectivity index (χ1v) is 8.64. The van der Waals surface area contributed by atoms with Crippen LogP contribution in [0.4, 0.5) is 0 Å². The maximum Gasteiger partial charge on any atom is 0.224 e. The highest BCUT2D eigenvalue weighted by atomic mass is 16.2. The highest BCUT2D eigenvalue weighted by molar-refractivity contribution is 5.77. The van der Waals surface area contributed by atoms with Gasteiger partial charge in [0.2, 0.25) is 11.8 Å². The van der Waals surface area contributed by atoms with Gasteiger partial charge in [-0.15, -0.1) is 0 Å². The predicted molar refractivity (Wildman–Crippen MR) is 92.3 cm³/mol. The standard InChI is InChI=1S/C17H29N5O2/c1-10(2)9-18-15(23)7-6-14-12(4)21-22(13(14)5)17-19-11(3)8-16(24)20-17/h10-11,17,19H,6-9H2,1-5H3,(H,18,23)(H,20,24). The van der Waals surface area contributed by atoms with E-state index in [4.69, 9.17) is 0 Å². The summed E-state index contributed by atoms with van der Waals surface area (Å²) >= 11 is 0. The van der Waals surface area contributed by atoms with Gasteiger partial charge in [0.1, 0.15) is 0 Å². The highest BCUT2D eigenvalue weighted by Gasteiger charge is 2.26. The first kappa shape index (κ1) is 18.4. The third-order valence-corrected chi connectivity index (χ3v) is 4.26. The molecule has 2 unspecified atom stereocenters. The summed E-state index contributed by atoms with van der Waals surface area (Å²) in [6.45, 7) is 10.8. The fraction of sp³-hybridized carbons (Fsp3) is 0.706. The molecule has 2 atom stereocenters. The Labute approximate surface area is 143 Å². The van der Waals surface area contributed by atoms with Crippen molar-refractivity contribution in [1.82, 2.24) is 25.7 Å². The Morgan fingerprint density at radius 3 is 2.75 bits per heavy atom. The van der Waals surface area contributed by atoms with Gasteiger partial charge in [-0.1, -0.05) is 13.8 Å². The minimum atomic E-state index is -0.330. The average Bonchev–Trinajstić information content (AvgIpc) is 2.77. The lowest BCUT2D eigenvalue weighted by Gasteiger charge is -2.30. The third kappa shape index (κ3) is 4.56. The van der Waals surface area contributed by atoms with Gasteiger partial charge in [-0.05, 0) is 38.7 Å². The number of nitrogens with one attached hydrogen (secondary N) is 3. The van der Waals surface area contributed by atoms with Crippen LogP contribution in [0.25, 0.3) is 0 Å². The van der Waals surface area contributed by atoms with E-state index >= 15 is 0 Å². The minimum Gasteiger partial charge on any atom is -0.356 e. The molecule has 134 valence electrons. The predicted octanol–water partition coefficient (Wildman–Crippen LogP) is 1.16. The fourth-order valence-electron chi connectivity index (χ4n) is 2.95. The van der Waals surface area contributed by atoms with E-state index in [0.717, 1.165) is 17.0 Å². The van der Waals surface area contributed by atoms with Crippen LogP contribution in [0.5, 0.6) is 0 Å². The number of aromatic nitrogens is 2.